The van der Waals surface area contributed by atoms with Crippen LogP contribution in [0.4, 0.5) is 5.00 Å². The molecule has 1 aromatic heterocycles. The van der Waals surface area contributed by atoms with Crippen LogP contribution >= 0.6 is 22.9 Å². The number of nitrogens with one attached hydrogen (secondary N) is 1. The minimum atomic E-state index is -0.0137. The summed E-state index contributed by atoms with van der Waals surface area (Å²) in [7, 11) is 0. The fourth-order valence-electron chi connectivity index (χ4n) is 2.34. The first-order valence-electron chi connectivity index (χ1n) is 6.66. The summed E-state index contributed by atoms with van der Waals surface area (Å²) in [6, 6.07) is 2.25. The van der Waals surface area contributed by atoms with E-state index in [0.29, 0.717) is 17.9 Å². The Balaban J connectivity index is 2.06. The van der Waals surface area contributed by atoms with Crippen LogP contribution < -0.4 is 5.32 Å². The smallest absolute Gasteiger partial charge is 0.225 e. The van der Waals surface area contributed by atoms with Crippen molar-refractivity contribution >= 4 is 33.8 Å². The minimum Gasteiger partial charge on any atom is -0.317 e. The third-order valence-corrected chi connectivity index (χ3v) is 4.80. The summed E-state index contributed by atoms with van der Waals surface area (Å²) in [6.45, 7) is 0. The fraction of sp³-hybridized carbons (Fsp3) is 0.571. The van der Waals surface area contributed by atoms with Gasteiger partial charge in [0.25, 0.3) is 0 Å². The van der Waals surface area contributed by atoms with Crippen molar-refractivity contribution in [3.05, 3.63) is 16.0 Å². The van der Waals surface area contributed by atoms with Gasteiger partial charge < -0.3 is 5.32 Å². The van der Waals surface area contributed by atoms with Gasteiger partial charge in [-0.3, -0.25) is 4.79 Å². The highest BCUT2D eigenvalue weighted by atomic mass is 35.5. The number of rotatable bonds is 5. The molecule has 5 heteroatoms. The molecule has 0 atom stereocenters. The molecule has 1 aromatic rings. The number of hydrogen-bond acceptors (Lipinski definition) is 3. The second-order valence-corrected chi connectivity index (χ2v) is 6.20. The average molecular weight is 297 g/mol. The van der Waals surface area contributed by atoms with E-state index in [1.165, 1.54) is 11.3 Å². The van der Waals surface area contributed by atoms with Gasteiger partial charge in [-0.05, 0) is 44.1 Å². The maximum absolute atomic E-state index is 11.8. The average Bonchev–Trinajstić information content (AvgIpc) is 2.76. The van der Waals surface area contributed by atoms with E-state index in [0.717, 1.165) is 42.7 Å². The summed E-state index contributed by atoms with van der Waals surface area (Å²) >= 11 is 7.16. The van der Waals surface area contributed by atoms with E-state index in [1.54, 1.807) is 11.3 Å². The maximum atomic E-state index is 11.8. The molecule has 0 saturated heterocycles. The number of nitrogens with zero attached hydrogens (tertiary/aromatic N) is 1. The number of hydrogen-bond donors (Lipinski definition) is 1. The standard InChI is InChI=1S/C14H17ClN2OS/c15-8-4-3-7-13(18)17-14-11(9-16)10-5-1-2-6-12(10)19-14/h1-8H2,(H,17,18). The molecule has 3 nitrogen and oxygen atoms in total. The van der Waals surface area contributed by atoms with Crippen LogP contribution in [0.3, 0.4) is 0 Å². The molecule has 1 amide bonds. The number of anilines is 1. The Bertz CT molecular complexity index is 504. The SMILES string of the molecule is N#Cc1c(NC(=O)CCCCCl)sc2c1CCCC2. The van der Waals surface area contributed by atoms with E-state index in [2.05, 4.69) is 11.4 Å². The summed E-state index contributed by atoms with van der Waals surface area (Å²) in [5, 5.41) is 12.9. The molecule has 1 aliphatic rings. The molecule has 0 spiro atoms. The van der Waals surface area contributed by atoms with Gasteiger partial charge in [0, 0.05) is 17.2 Å². The number of thiophene rings is 1. The Kier molecular flexibility index (Phi) is 5.24. The van der Waals surface area contributed by atoms with E-state index >= 15 is 0 Å². The van der Waals surface area contributed by atoms with Gasteiger partial charge in [0.1, 0.15) is 11.1 Å². The molecule has 0 bridgehead atoms. The molecule has 0 radical (unpaired) electrons. The second kappa shape index (κ2) is 6.93. The highest BCUT2D eigenvalue weighted by Crippen LogP contribution is 2.37. The van der Waals surface area contributed by atoms with Gasteiger partial charge in [0.2, 0.25) is 5.91 Å². The van der Waals surface area contributed by atoms with Crippen LogP contribution in [0.25, 0.3) is 0 Å². The molecule has 0 saturated carbocycles. The predicted molar refractivity (Wildman–Crippen MR) is 78.9 cm³/mol. The van der Waals surface area contributed by atoms with Crippen molar-refractivity contribution in [3.63, 3.8) is 0 Å². The molecule has 19 heavy (non-hydrogen) atoms. The monoisotopic (exact) mass is 296 g/mol. The number of nitriles is 1. The molecule has 1 N–H and O–H groups in total. The zero-order valence-corrected chi connectivity index (χ0v) is 12.4. The lowest BCUT2D eigenvalue weighted by Gasteiger charge is -2.09. The minimum absolute atomic E-state index is 0.0137. The normalized spacial score (nSPS) is 13.7. The van der Waals surface area contributed by atoms with Crippen LogP contribution in [-0.2, 0) is 17.6 Å². The Hall–Kier alpha value is -1.05. The number of aryl methyl sites for hydroxylation is 1. The van der Waals surface area contributed by atoms with Crippen LogP contribution in [0.15, 0.2) is 0 Å². The van der Waals surface area contributed by atoms with Crippen LogP contribution in [0, 0.1) is 11.3 Å². The van der Waals surface area contributed by atoms with E-state index in [-0.39, 0.29) is 5.91 Å². The third kappa shape index (κ3) is 3.49. The van der Waals surface area contributed by atoms with Crippen molar-refractivity contribution in [3.8, 4) is 6.07 Å². The summed E-state index contributed by atoms with van der Waals surface area (Å²) in [5.41, 5.74) is 1.85. The number of carbonyl (C=O) groups is 1. The summed E-state index contributed by atoms with van der Waals surface area (Å²) in [4.78, 5) is 13.1. The van der Waals surface area contributed by atoms with Crippen molar-refractivity contribution in [2.24, 2.45) is 0 Å². The molecule has 0 aromatic carbocycles. The summed E-state index contributed by atoms with van der Waals surface area (Å²) < 4.78 is 0. The Labute approximate surface area is 122 Å². The summed E-state index contributed by atoms with van der Waals surface area (Å²) in [5.74, 6) is 0.574. The topological polar surface area (TPSA) is 52.9 Å². The van der Waals surface area contributed by atoms with E-state index < -0.39 is 0 Å². The lowest BCUT2D eigenvalue weighted by molar-refractivity contribution is -0.116. The van der Waals surface area contributed by atoms with Crippen LogP contribution in [-0.4, -0.2) is 11.8 Å². The second-order valence-electron chi connectivity index (χ2n) is 4.72. The first-order chi connectivity index (χ1) is 9.26. The highest BCUT2D eigenvalue weighted by molar-refractivity contribution is 7.16. The number of fused-ring (bicyclic) bond motifs is 1. The Morgan fingerprint density at radius 2 is 2.16 bits per heavy atom. The maximum Gasteiger partial charge on any atom is 0.225 e. The number of carbonyl (C=O) groups excluding carboxylic acids is 1. The molecule has 0 aliphatic heterocycles. The third-order valence-electron chi connectivity index (χ3n) is 3.32. The van der Waals surface area contributed by atoms with Crippen molar-refractivity contribution in [2.75, 3.05) is 11.2 Å². The highest BCUT2D eigenvalue weighted by Gasteiger charge is 2.21. The largest absolute Gasteiger partial charge is 0.317 e. The lowest BCUT2D eigenvalue weighted by atomic mass is 9.96. The van der Waals surface area contributed by atoms with Gasteiger partial charge in [-0.25, -0.2) is 0 Å². The van der Waals surface area contributed by atoms with Gasteiger partial charge >= 0.3 is 0 Å². The first kappa shape index (κ1) is 14.4. The molecule has 1 heterocycles. The van der Waals surface area contributed by atoms with Crippen molar-refractivity contribution in [1.29, 1.82) is 5.26 Å². The Morgan fingerprint density at radius 3 is 2.89 bits per heavy atom. The van der Waals surface area contributed by atoms with Crippen molar-refractivity contribution in [1.82, 2.24) is 0 Å². The number of amides is 1. The molecular weight excluding hydrogens is 280 g/mol. The zero-order valence-electron chi connectivity index (χ0n) is 10.8. The van der Waals surface area contributed by atoms with E-state index in [9.17, 15) is 10.1 Å². The predicted octanol–water partition coefficient (Wildman–Crippen LogP) is 3.85. The van der Waals surface area contributed by atoms with Crippen LogP contribution in [0.1, 0.15) is 48.1 Å². The molecule has 102 valence electrons. The number of halogens is 1. The first-order valence-corrected chi connectivity index (χ1v) is 8.01. The fourth-order valence-corrected chi connectivity index (χ4v) is 3.79. The van der Waals surface area contributed by atoms with E-state index in [4.69, 9.17) is 11.6 Å². The quantitative estimate of drug-likeness (QED) is 0.663. The molecule has 0 unspecified atom stereocenters. The molecule has 2 rings (SSSR count). The van der Waals surface area contributed by atoms with Gasteiger partial charge in [-0.1, -0.05) is 0 Å². The molecule has 0 fully saturated rings. The number of alkyl halides is 1. The van der Waals surface area contributed by atoms with E-state index in [1.807, 2.05) is 0 Å². The van der Waals surface area contributed by atoms with Crippen molar-refractivity contribution in [2.45, 2.75) is 44.9 Å². The lowest BCUT2D eigenvalue weighted by Crippen LogP contribution is -2.11. The van der Waals surface area contributed by atoms with Crippen LogP contribution in [0.5, 0.6) is 0 Å². The zero-order chi connectivity index (χ0) is 13.7. The molecule has 1 aliphatic carbocycles. The van der Waals surface area contributed by atoms with Gasteiger partial charge in [-0.2, -0.15) is 5.26 Å². The van der Waals surface area contributed by atoms with Gasteiger partial charge in [0.05, 0.1) is 5.56 Å². The van der Waals surface area contributed by atoms with Crippen molar-refractivity contribution < 1.29 is 4.79 Å². The molecular formula is C14H17ClN2OS. The Morgan fingerprint density at radius 1 is 1.37 bits per heavy atom. The van der Waals surface area contributed by atoms with Gasteiger partial charge in [-0.15, -0.1) is 22.9 Å². The summed E-state index contributed by atoms with van der Waals surface area (Å²) in [6.07, 6.45) is 6.44. The van der Waals surface area contributed by atoms with Crippen LogP contribution in [0.2, 0.25) is 0 Å². The number of unbranched alkanes of at least 4 members (excludes halogenated alkanes) is 1. The van der Waals surface area contributed by atoms with Gasteiger partial charge in [0.15, 0.2) is 0 Å².